The van der Waals surface area contributed by atoms with Crippen molar-refractivity contribution in [2.24, 2.45) is 0 Å². The minimum Gasteiger partial charge on any atom is -0.0616 e. The number of benzene rings is 5. The maximum absolute atomic E-state index is 2.46. The molecule has 0 saturated heterocycles. The SMILES string of the molecule is CC1(C)CCC(C)(C)c2c(-c3c4ccccc4c(-c4cccc5c4C(C)(C)CCC5(C)C)c4ccccc34)cccc21. The summed E-state index contributed by atoms with van der Waals surface area (Å²) in [6.07, 6.45) is 4.86. The van der Waals surface area contributed by atoms with Crippen molar-refractivity contribution in [3.05, 3.63) is 107 Å². The maximum Gasteiger partial charge on any atom is -0.00233 e. The van der Waals surface area contributed by atoms with Gasteiger partial charge < -0.3 is 0 Å². The Morgan fingerprint density at radius 1 is 0.357 bits per heavy atom. The van der Waals surface area contributed by atoms with Gasteiger partial charge in [-0.2, -0.15) is 0 Å². The molecule has 2 aliphatic rings. The largest absolute Gasteiger partial charge is 0.0616 e. The van der Waals surface area contributed by atoms with Gasteiger partial charge in [-0.25, -0.2) is 0 Å². The lowest BCUT2D eigenvalue weighted by molar-refractivity contribution is 0.333. The second-order valence-electron chi connectivity index (χ2n) is 15.8. The van der Waals surface area contributed by atoms with Crippen molar-refractivity contribution in [1.82, 2.24) is 0 Å². The second kappa shape index (κ2) is 9.06. The first-order valence-electron chi connectivity index (χ1n) is 16.1. The van der Waals surface area contributed by atoms with Crippen molar-refractivity contribution in [1.29, 1.82) is 0 Å². The molecule has 0 N–H and O–H groups in total. The lowest BCUT2D eigenvalue weighted by Gasteiger charge is -2.43. The molecule has 0 amide bonds. The van der Waals surface area contributed by atoms with Crippen molar-refractivity contribution < 1.29 is 0 Å². The zero-order valence-corrected chi connectivity index (χ0v) is 26.9. The quantitative estimate of drug-likeness (QED) is 0.192. The van der Waals surface area contributed by atoms with Gasteiger partial charge in [0, 0.05) is 0 Å². The third-order valence-electron chi connectivity index (χ3n) is 11.2. The van der Waals surface area contributed by atoms with Crippen LogP contribution in [0.5, 0.6) is 0 Å². The molecule has 0 nitrogen and oxygen atoms in total. The van der Waals surface area contributed by atoms with Crippen LogP contribution >= 0.6 is 0 Å². The molecule has 0 bridgehead atoms. The smallest absolute Gasteiger partial charge is 0.00233 e. The van der Waals surface area contributed by atoms with Gasteiger partial charge in [0.05, 0.1) is 0 Å². The molecule has 0 atom stereocenters. The van der Waals surface area contributed by atoms with Crippen molar-refractivity contribution in [3.63, 3.8) is 0 Å². The highest BCUT2D eigenvalue weighted by Crippen LogP contribution is 2.55. The summed E-state index contributed by atoms with van der Waals surface area (Å²) in [5.74, 6) is 0. The minimum atomic E-state index is 0.121. The van der Waals surface area contributed by atoms with Crippen LogP contribution in [0.2, 0.25) is 0 Å². The Bertz CT molecular complexity index is 1680. The normalized spacial score (nSPS) is 19.8. The lowest BCUT2D eigenvalue weighted by Crippen LogP contribution is -2.34. The summed E-state index contributed by atoms with van der Waals surface area (Å²) in [4.78, 5) is 0. The van der Waals surface area contributed by atoms with E-state index in [1.807, 2.05) is 0 Å². The predicted molar refractivity (Wildman–Crippen MR) is 183 cm³/mol. The van der Waals surface area contributed by atoms with Crippen LogP contribution in [0, 0.1) is 0 Å². The van der Waals surface area contributed by atoms with Crippen molar-refractivity contribution >= 4 is 21.5 Å². The van der Waals surface area contributed by atoms with E-state index < -0.39 is 0 Å². The summed E-state index contributed by atoms with van der Waals surface area (Å²) in [6, 6.07) is 32.7. The first-order chi connectivity index (χ1) is 19.8. The van der Waals surface area contributed by atoms with Crippen LogP contribution in [0.3, 0.4) is 0 Å². The Hall–Kier alpha value is -3.38. The molecule has 0 saturated carbocycles. The van der Waals surface area contributed by atoms with Crippen LogP contribution in [0.25, 0.3) is 43.8 Å². The van der Waals surface area contributed by atoms with Crippen LogP contribution in [0.1, 0.15) is 103 Å². The number of hydrogen-bond acceptors (Lipinski definition) is 0. The average Bonchev–Trinajstić information content (AvgIpc) is 2.96. The third-order valence-corrected chi connectivity index (χ3v) is 11.2. The van der Waals surface area contributed by atoms with Gasteiger partial charge in [0.2, 0.25) is 0 Å². The van der Waals surface area contributed by atoms with Gasteiger partial charge in [-0.05, 0) is 113 Å². The Morgan fingerprint density at radius 2 is 0.667 bits per heavy atom. The molecule has 0 heterocycles. The molecule has 5 aromatic carbocycles. The van der Waals surface area contributed by atoms with E-state index >= 15 is 0 Å². The van der Waals surface area contributed by atoms with E-state index in [0.29, 0.717) is 0 Å². The molecule has 0 aliphatic heterocycles. The monoisotopic (exact) mass is 550 g/mol. The topological polar surface area (TPSA) is 0 Å². The van der Waals surface area contributed by atoms with Crippen LogP contribution < -0.4 is 0 Å². The van der Waals surface area contributed by atoms with Gasteiger partial charge in [0.25, 0.3) is 0 Å². The Labute approximate surface area is 253 Å². The van der Waals surface area contributed by atoms with E-state index in [-0.39, 0.29) is 21.7 Å². The fraction of sp³-hybridized carbons (Fsp3) is 0.381. The fourth-order valence-corrected chi connectivity index (χ4v) is 8.59. The molecule has 42 heavy (non-hydrogen) atoms. The summed E-state index contributed by atoms with van der Waals surface area (Å²) in [5.41, 5.74) is 12.4. The first kappa shape index (κ1) is 27.5. The molecular weight excluding hydrogens is 504 g/mol. The summed E-state index contributed by atoms with van der Waals surface area (Å²) >= 11 is 0. The molecule has 0 radical (unpaired) electrons. The highest BCUT2D eigenvalue weighted by Gasteiger charge is 2.41. The van der Waals surface area contributed by atoms with Crippen molar-refractivity contribution in [3.8, 4) is 22.3 Å². The number of fused-ring (bicyclic) bond motifs is 4. The predicted octanol–water partition coefficient (Wildman–Crippen LogP) is 12.0. The Balaban J connectivity index is 1.65. The summed E-state index contributed by atoms with van der Waals surface area (Å²) in [7, 11) is 0. The van der Waals surface area contributed by atoms with Crippen LogP contribution in [-0.2, 0) is 21.7 Å². The lowest BCUT2D eigenvalue weighted by atomic mass is 9.61. The Kier molecular flexibility index (Phi) is 5.92. The molecule has 7 rings (SSSR count). The molecule has 0 fully saturated rings. The molecule has 5 aromatic rings. The molecule has 0 aromatic heterocycles. The average molecular weight is 551 g/mol. The molecule has 2 aliphatic carbocycles. The van der Waals surface area contributed by atoms with E-state index in [4.69, 9.17) is 0 Å². The molecule has 0 unspecified atom stereocenters. The zero-order chi connectivity index (χ0) is 29.7. The summed E-state index contributed by atoms with van der Waals surface area (Å²) in [6.45, 7) is 19.6. The molecule has 0 heteroatoms. The van der Waals surface area contributed by atoms with Crippen LogP contribution in [0.15, 0.2) is 84.9 Å². The van der Waals surface area contributed by atoms with Gasteiger partial charge in [-0.15, -0.1) is 0 Å². The second-order valence-corrected chi connectivity index (χ2v) is 15.8. The van der Waals surface area contributed by atoms with Crippen LogP contribution in [-0.4, -0.2) is 0 Å². The number of rotatable bonds is 2. The van der Waals surface area contributed by atoms with E-state index in [1.165, 1.54) is 80.6 Å². The summed E-state index contributed by atoms with van der Waals surface area (Å²) in [5, 5.41) is 5.46. The highest BCUT2D eigenvalue weighted by molar-refractivity contribution is 6.22. The highest BCUT2D eigenvalue weighted by atomic mass is 14.4. The molecule has 0 spiro atoms. The maximum atomic E-state index is 2.46. The zero-order valence-electron chi connectivity index (χ0n) is 26.9. The first-order valence-corrected chi connectivity index (χ1v) is 16.1. The fourth-order valence-electron chi connectivity index (χ4n) is 8.59. The van der Waals surface area contributed by atoms with Gasteiger partial charge in [0.1, 0.15) is 0 Å². The van der Waals surface area contributed by atoms with Crippen molar-refractivity contribution in [2.45, 2.75) is 103 Å². The molecular formula is C42H46. The van der Waals surface area contributed by atoms with Gasteiger partial charge >= 0.3 is 0 Å². The van der Waals surface area contributed by atoms with Crippen LogP contribution in [0.4, 0.5) is 0 Å². The van der Waals surface area contributed by atoms with Gasteiger partial charge in [-0.1, -0.05) is 140 Å². The molecule has 214 valence electrons. The van der Waals surface area contributed by atoms with Gasteiger partial charge in [0.15, 0.2) is 0 Å². The van der Waals surface area contributed by atoms with Crippen molar-refractivity contribution in [2.75, 3.05) is 0 Å². The van der Waals surface area contributed by atoms with E-state index in [9.17, 15) is 0 Å². The Morgan fingerprint density at radius 3 is 1.00 bits per heavy atom. The van der Waals surface area contributed by atoms with E-state index in [1.54, 1.807) is 11.1 Å². The third kappa shape index (κ3) is 3.94. The summed E-state index contributed by atoms with van der Waals surface area (Å²) < 4.78 is 0. The van der Waals surface area contributed by atoms with E-state index in [2.05, 4.69) is 140 Å². The van der Waals surface area contributed by atoms with Gasteiger partial charge in [-0.3, -0.25) is 0 Å². The standard InChI is InChI=1S/C42H46/c1-39(2)23-25-41(5,6)37-31(19-13-21-33(37)39)35-27-15-9-11-17-29(27)36(30-18-12-10-16-28(30)35)32-20-14-22-34-38(32)42(7,8)26-24-40(34,3)4/h9-22H,23-26H2,1-8H3. The minimum absolute atomic E-state index is 0.121. The number of hydrogen-bond donors (Lipinski definition) is 0. The van der Waals surface area contributed by atoms with E-state index in [0.717, 1.165) is 0 Å².